The number of para-hydroxylation sites is 2. The Hall–Kier alpha value is -3.20. The Morgan fingerprint density at radius 1 is 0.521 bits per heavy atom. The van der Waals surface area contributed by atoms with Gasteiger partial charge in [-0.15, -0.1) is 80.6 Å². The van der Waals surface area contributed by atoms with Gasteiger partial charge in [0.2, 0.25) is 0 Å². The number of hydrogen-bond acceptors (Lipinski definition) is 2. The van der Waals surface area contributed by atoms with Crippen molar-refractivity contribution in [2.45, 2.75) is 94.2 Å². The zero-order valence-corrected chi connectivity index (χ0v) is 34.7. The van der Waals surface area contributed by atoms with Gasteiger partial charge in [-0.3, -0.25) is 0 Å². The van der Waals surface area contributed by atoms with Crippen molar-refractivity contribution in [3.05, 3.63) is 142 Å². The molecule has 4 heteroatoms. The first kappa shape index (κ1) is 41.0. The summed E-state index contributed by atoms with van der Waals surface area (Å²) in [4.78, 5) is 0. The molecule has 0 spiro atoms. The molecule has 252 valence electrons. The van der Waals surface area contributed by atoms with Gasteiger partial charge in [0.1, 0.15) is 0 Å². The van der Waals surface area contributed by atoms with Crippen LogP contribution < -0.4 is 10.2 Å². The molecule has 6 rings (SSSR count). The van der Waals surface area contributed by atoms with Crippen LogP contribution in [0.2, 0.25) is 13.1 Å². The van der Waals surface area contributed by atoms with Crippen LogP contribution in [-0.2, 0) is 23.3 Å². The Bertz CT molecular complexity index is 1730. The molecule has 0 amide bonds. The van der Waals surface area contributed by atoms with E-state index in [-0.39, 0.29) is 16.9 Å². The SMILES string of the molecule is C[Si](C)=[Zr+2].Cc1cc2c(C(C)C)cccc2[cH-]1.Cc1cc2c(C(C)C)cccc2[cH-]1.Cc1cccc(C)c1[O-].Cc1cccc(C)c1[O-]. The van der Waals surface area contributed by atoms with Crippen molar-refractivity contribution >= 4 is 27.0 Å². The van der Waals surface area contributed by atoms with Gasteiger partial charge in [0.05, 0.1) is 0 Å². The molecule has 0 N–H and O–H groups in total. The van der Waals surface area contributed by atoms with Crippen molar-refractivity contribution in [2.24, 2.45) is 0 Å². The van der Waals surface area contributed by atoms with E-state index in [2.05, 4.69) is 115 Å². The Balaban J connectivity index is 0.000000217. The minimum absolute atomic E-state index is 0.164. The van der Waals surface area contributed by atoms with Crippen LogP contribution in [0.3, 0.4) is 0 Å². The fraction of sp³-hybridized carbons (Fsp3) is 0.318. The van der Waals surface area contributed by atoms with Gasteiger partial charge in [-0.05, 0) is 39.5 Å². The molecule has 48 heavy (non-hydrogen) atoms. The summed E-state index contributed by atoms with van der Waals surface area (Å²) in [5, 5.41) is 27.5. The molecule has 0 heterocycles. The maximum atomic E-state index is 11.0. The second-order valence-corrected chi connectivity index (χ2v) is 22.9. The maximum Gasteiger partial charge on any atom is -0.0308 e. The summed E-state index contributed by atoms with van der Waals surface area (Å²) in [5.74, 6) is 1.56. The molecular weight excluding hydrogens is 680 g/mol. The van der Waals surface area contributed by atoms with E-state index >= 15 is 0 Å². The predicted molar refractivity (Wildman–Crippen MR) is 205 cm³/mol. The van der Waals surface area contributed by atoms with Crippen LogP contribution in [0.5, 0.6) is 11.5 Å². The average molecular weight is 734 g/mol. The molecule has 0 aromatic heterocycles. The van der Waals surface area contributed by atoms with Crippen molar-refractivity contribution in [1.82, 2.24) is 0 Å². The summed E-state index contributed by atoms with van der Waals surface area (Å²) in [6.45, 7) is 25.2. The van der Waals surface area contributed by atoms with E-state index in [1.807, 2.05) is 64.1 Å². The van der Waals surface area contributed by atoms with Crippen molar-refractivity contribution in [1.29, 1.82) is 0 Å². The van der Waals surface area contributed by atoms with Crippen LogP contribution in [0.15, 0.2) is 97.1 Å². The largest absolute Gasteiger partial charge is 0.872 e. The van der Waals surface area contributed by atoms with Crippen molar-refractivity contribution < 1.29 is 33.5 Å². The van der Waals surface area contributed by atoms with Crippen molar-refractivity contribution in [2.75, 3.05) is 0 Å². The van der Waals surface area contributed by atoms with E-state index in [9.17, 15) is 10.2 Å². The van der Waals surface area contributed by atoms with Crippen LogP contribution in [0.25, 0.3) is 21.5 Å². The molecule has 0 saturated heterocycles. The average Bonchev–Trinajstić information content (AvgIpc) is 3.59. The van der Waals surface area contributed by atoms with E-state index in [4.69, 9.17) is 0 Å². The molecule has 0 bridgehead atoms. The normalized spacial score (nSPS) is 10.3. The third-order valence-corrected chi connectivity index (χ3v) is 7.92. The fourth-order valence-electron chi connectivity index (χ4n) is 5.42. The number of hydrogen-bond donors (Lipinski definition) is 0. The first-order chi connectivity index (χ1) is 22.5. The van der Waals surface area contributed by atoms with E-state index in [0.29, 0.717) is 11.8 Å². The first-order valence-corrected chi connectivity index (χ1v) is 23.0. The van der Waals surface area contributed by atoms with Gasteiger partial charge >= 0.3 is 41.9 Å². The van der Waals surface area contributed by atoms with Gasteiger partial charge < -0.3 is 10.2 Å². The number of fused-ring (bicyclic) bond motifs is 2. The van der Waals surface area contributed by atoms with Gasteiger partial charge in [-0.2, -0.15) is 12.1 Å². The van der Waals surface area contributed by atoms with E-state index in [0.717, 1.165) is 22.3 Å². The fourth-order valence-corrected chi connectivity index (χ4v) is 5.42. The molecule has 6 aromatic carbocycles. The van der Waals surface area contributed by atoms with E-state index in [1.54, 1.807) is 23.3 Å². The monoisotopic (exact) mass is 732 g/mol. The second kappa shape index (κ2) is 19.7. The van der Waals surface area contributed by atoms with E-state index < -0.39 is 0 Å². The molecule has 6 aromatic rings. The van der Waals surface area contributed by atoms with Gasteiger partial charge in [-0.1, -0.05) is 123 Å². The Kier molecular flexibility index (Phi) is 16.8. The van der Waals surface area contributed by atoms with Crippen molar-refractivity contribution in [3.8, 4) is 11.5 Å². The molecular formula is C44H54O2SiZr-2. The summed E-state index contributed by atoms with van der Waals surface area (Å²) in [7, 11) is 0. The van der Waals surface area contributed by atoms with Crippen LogP contribution in [0, 0.1) is 41.5 Å². The zero-order valence-electron chi connectivity index (χ0n) is 31.2. The third kappa shape index (κ3) is 12.7. The molecule has 0 aliphatic heterocycles. The zero-order chi connectivity index (χ0) is 36.1. The quantitative estimate of drug-likeness (QED) is 0.131. The topological polar surface area (TPSA) is 46.1 Å². The summed E-state index contributed by atoms with van der Waals surface area (Å²) in [6, 6.07) is 33.3. The van der Waals surface area contributed by atoms with Gasteiger partial charge in [0, 0.05) is 0 Å². The molecule has 0 atom stereocenters. The van der Waals surface area contributed by atoms with Crippen LogP contribution >= 0.6 is 0 Å². The Morgan fingerprint density at radius 2 is 0.792 bits per heavy atom. The molecule has 0 fully saturated rings. The summed E-state index contributed by atoms with van der Waals surface area (Å²) < 4.78 is 0. The Morgan fingerprint density at radius 3 is 1.04 bits per heavy atom. The summed E-state index contributed by atoms with van der Waals surface area (Å²) in [5.41, 5.74) is 9.18. The summed E-state index contributed by atoms with van der Waals surface area (Å²) in [6.07, 6.45) is 0. The van der Waals surface area contributed by atoms with Gasteiger partial charge in [0.25, 0.3) is 0 Å². The number of aryl methyl sites for hydroxylation is 6. The Labute approximate surface area is 306 Å². The molecule has 0 aliphatic carbocycles. The number of rotatable bonds is 2. The van der Waals surface area contributed by atoms with Gasteiger partial charge in [0.15, 0.2) is 0 Å². The smallest absolute Gasteiger partial charge is 0.0308 e. The molecule has 0 unspecified atom stereocenters. The molecule has 2 nitrogen and oxygen atoms in total. The maximum absolute atomic E-state index is 11.0. The minimum Gasteiger partial charge on any atom is -0.872 e. The molecule has 0 aliphatic rings. The summed E-state index contributed by atoms with van der Waals surface area (Å²) >= 11 is 1.74. The first-order valence-electron chi connectivity index (χ1n) is 16.8. The van der Waals surface area contributed by atoms with Crippen LogP contribution in [0.4, 0.5) is 0 Å². The molecule has 0 saturated carbocycles. The predicted octanol–water partition coefficient (Wildman–Crippen LogP) is 11.5. The van der Waals surface area contributed by atoms with Crippen LogP contribution in [0.1, 0.15) is 84.0 Å². The van der Waals surface area contributed by atoms with Crippen LogP contribution in [-0.4, -0.2) is 5.43 Å². The second-order valence-electron chi connectivity index (χ2n) is 13.5. The van der Waals surface area contributed by atoms with E-state index in [1.165, 1.54) is 43.8 Å². The molecule has 0 radical (unpaired) electrons. The van der Waals surface area contributed by atoms with Gasteiger partial charge in [-0.25, -0.2) is 0 Å². The standard InChI is InChI=1S/2C13H15.2C8H10O.C2H6Si.Zr/c2*1-9(2)12-6-4-5-11-7-10(3)8-13(11)12;2*1-6-4-3-5-7(2)8(6)9;1-3-2;/h2*4-9H,1-3H3;2*3-5,9H,1-2H3;1-2H3;/q2*-1;;;;+2/p-2. The van der Waals surface area contributed by atoms with Crippen molar-refractivity contribution in [3.63, 3.8) is 0 Å². The number of benzene rings is 4. The third-order valence-electron chi connectivity index (χ3n) is 7.92. The minimum atomic E-state index is 0.164.